The SMILES string of the molecule is Clc1ccc(C2=N[C@@H](c3ccccc3)N3[C@H](c4ccccc4)[C@H]23)cc1. The average Bonchev–Trinajstić information content (AvgIpc) is 3.28. The number of aliphatic imine (C=N–C) groups is 1. The van der Waals surface area contributed by atoms with Crippen molar-refractivity contribution in [2.75, 3.05) is 0 Å². The fourth-order valence-electron chi connectivity index (χ4n) is 3.86. The summed E-state index contributed by atoms with van der Waals surface area (Å²) in [6.45, 7) is 0. The second-order valence-corrected chi connectivity index (χ2v) is 6.99. The molecule has 0 N–H and O–H groups in total. The molecular formula is C22H17ClN2. The molecule has 3 aromatic rings. The van der Waals surface area contributed by atoms with E-state index in [0.29, 0.717) is 12.1 Å². The van der Waals surface area contributed by atoms with Crippen molar-refractivity contribution in [3.05, 3.63) is 107 Å². The lowest BCUT2D eigenvalue weighted by Crippen LogP contribution is -2.08. The number of fused-ring (bicyclic) bond motifs is 1. The van der Waals surface area contributed by atoms with Gasteiger partial charge in [0, 0.05) is 5.02 Å². The first-order chi connectivity index (χ1) is 12.3. The van der Waals surface area contributed by atoms with E-state index >= 15 is 0 Å². The number of rotatable bonds is 3. The lowest BCUT2D eigenvalue weighted by molar-refractivity contribution is 0.404. The highest BCUT2D eigenvalue weighted by Crippen LogP contribution is 2.55. The highest BCUT2D eigenvalue weighted by molar-refractivity contribution is 6.30. The van der Waals surface area contributed by atoms with Crippen LogP contribution in [0.2, 0.25) is 5.02 Å². The van der Waals surface area contributed by atoms with Gasteiger partial charge in [0.15, 0.2) is 0 Å². The van der Waals surface area contributed by atoms with Crippen LogP contribution in [0.4, 0.5) is 0 Å². The van der Waals surface area contributed by atoms with Crippen molar-refractivity contribution in [2.45, 2.75) is 18.2 Å². The van der Waals surface area contributed by atoms with Crippen LogP contribution >= 0.6 is 11.6 Å². The summed E-state index contributed by atoms with van der Waals surface area (Å²) in [5, 5.41) is 0.759. The van der Waals surface area contributed by atoms with Crippen LogP contribution < -0.4 is 0 Å². The molecule has 0 aromatic heterocycles. The van der Waals surface area contributed by atoms with Gasteiger partial charge in [0.2, 0.25) is 0 Å². The topological polar surface area (TPSA) is 15.4 Å². The minimum atomic E-state index is 0.0853. The monoisotopic (exact) mass is 344 g/mol. The van der Waals surface area contributed by atoms with Gasteiger partial charge in [0.05, 0.1) is 17.8 Å². The van der Waals surface area contributed by atoms with Crippen LogP contribution in [-0.2, 0) is 0 Å². The Labute approximate surface area is 152 Å². The Morgan fingerprint density at radius 3 is 1.92 bits per heavy atom. The van der Waals surface area contributed by atoms with Gasteiger partial charge in [0.1, 0.15) is 6.17 Å². The van der Waals surface area contributed by atoms with Gasteiger partial charge in [-0.3, -0.25) is 9.89 Å². The van der Waals surface area contributed by atoms with Gasteiger partial charge in [-0.1, -0.05) is 84.4 Å². The van der Waals surface area contributed by atoms with Crippen molar-refractivity contribution < 1.29 is 0 Å². The molecule has 1 fully saturated rings. The molecule has 122 valence electrons. The number of hydrogen-bond acceptors (Lipinski definition) is 2. The molecule has 0 aliphatic carbocycles. The molecule has 1 saturated heterocycles. The van der Waals surface area contributed by atoms with E-state index in [1.54, 1.807) is 0 Å². The third-order valence-electron chi connectivity index (χ3n) is 5.05. The first kappa shape index (κ1) is 14.9. The maximum Gasteiger partial charge on any atom is 0.129 e. The zero-order valence-corrected chi connectivity index (χ0v) is 14.3. The molecule has 2 aliphatic rings. The largest absolute Gasteiger partial charge is 0.263 e. The van der Waals surface area contributed by atoms with Gasteiger partial charge >= 0.3 is 0 Å². The Morgan fingerprint density at radius 2 is 1.28 bits per heavy atom. The highest BCUT2D eigenvalue weighted by atomic mass is 35.5. The van der Waals surface area contributed by atoms with E-state index in [1.165, 1.54) is 16.8 Å². The number of nitrogens with zero attached hydrogens (tertiary/aromatic N) is 2. The third-order valence-corrected chi connectivity index (χ3v) is 5.31. The summed E-state index contributed by atoms with van der Waals surface area (Å²) < 4.78 is 0. The fraction of sp³-hybridized carbons (Fsp3) is 0.136. The summed E-state index contributed by atoms with van der Waals surface area (Å²) in [6, 6.07) is 30.0. The molecule has 0 bridgehead atoms. The van der Waals surface area contributed by atoms with Crippen molar-refractivity contribution >= 4 is 17.3 Å². The molecule has 5 rings (SSSR count). The van der Waals surface area contributed by atoms with Crippen LogP contribution in [-0.4, -0.2) is 16.7 Å². The van der Waals surface area contributed by atoms with Crippen molar-refractivity contribution in [3.63, 3.8) is 0 Å². The molecule has 2 heterocycles. The lowest BCUT2D eigenvalue weighted by atomic mass is 10.0. The van der Waals surface area contributed by atoms with Gasteiger partial charge < -0.3 is 0 Å². The Bertz CT molecular complexity index is 919. The Morgan fingerprint density at radius 1 is 0.680 bits per heavy atom. The molecular weight excluding hydrogens is 328 g/mol. The van der Waals surface area contributed by atoms with Crippen LogP contribution in [0.3, 0.4) is 0 Å². The Balaban J connectivity index is 1.57. The van der Waals surface area contributed by atoms with E-state index in [1.807, 2.05) is 12.1 Å². The van der Waals surface area contributed by atoms with Crippen LogP contribution in [0.5, 0.6) is 0 Å². The minimum Gasteiger partial charge on any atom is -0.263 e. The lowest BCUT2D eigenvalue weighted by Gasteiger charge is -2.14. The normalized spacial score (nSPS) is 26.8. The second-order valence-electron chi connectivity index (χ2n) is 6.55. The van der Waals surface area contributed by atoms with Gasteiger partial charge in [-0.2, -0.15) is 0 Å². The fourth-order valence-corrected chi connectivity index (χ4v) is 3.99. The maximum absolute atomic E-state index is 6.06. The molecule has 0 saturated carbocycles. The molecule has 0 spiro atoms. The van der Waals surface area contributed by atoms with Gasteiger partial charge in [0.25, 0.3) is 0 Å². The number of hydrogen-bond donors (Lipinski definition) is 0. The Kier molecular flexibility index (Phi) is 3.47. The predicted molar refractivity (Wildman–Crippen MR) is 102 cm³/mol. The molecule has 4 atom stereocenters. The summed E-state index contributed by atoms with van der Waals surface area (Å²) in [5.74, 6) is 0. The van der Waals surface area contributed by atoms with Crippen molar-refractivity contribution in [1.29, 1.82) is 0 Å². The second kappa shape index (κ2) is 5.83. The van der Waals surface area contributed by atoms with E-state index in [4.69, 9.17) is 16.6 Å². The molecule has 1 unspecified atom stereocenters. The first-order valence-corrected chi connectivity index (χ1v) is 8.92. The standard InChI is InChI=1S/C22H17ClN2/c23-18-13-11-15(12-14-18)19-21-20(16-7-3-1-4-8-16)25(21)22(24-19)17-9-5-2-6-10-17/h1-14,20-22H/t20-,21+,22-,25?/m1/s1. The van der Waals surface area contributed by atoms with Gasteiger partial charge in [-0.05, 0) is 28.8 Å². The van der Waals surface area contributed by atoms with E-state index in [0.717, 1.165) is 10.6 Å². The molecule has 3 aromatic carbocycles. The van der Waals surface area contributed by atoms with Crippen LogP contribution in [0.15, 0.2) is 89.9 Å². The van der Waals surface area contributed by atoms with E-state index in [9.17, 15) is 0 Å². The highest BCUT2D eigenvalue weighted by Gasteiger charge is 2.59. The van der Waals surface area contributed by atoms with E-state index in [-0.39, 0.29) is 6.17 Å². The molecule has 2 nitrogen and oxygen atoms in total. The van der Waals surface area contributed by atoms with Crippen molar-refractivity contribution in [2.24, 2.45) is 4.99 Å². The summed E-state index contributed by atoms with van der Waals surface area (Å²) in [5.41, 5.74) is 4.93. The Hall–Kier alpha value is -2.42. The zero-order chi connectivity index (χ0) is 16.8. The first-order valence-electron chi connectivity index (χ1n) is 8.54. The predicted octanol–water partition coefficient (Wildman–Crippen LogP) is 5.27. The van der Waals surface area contributed by atoms with Crippen molar-refractivity contribution in [3.8, 4) is 0 Å². The molecule has 3 heteroatoms. The number of benzene rings is 3. The van der Waals surface area contributed by atoms with Crippen LogP contribution in [0.25, 0.3) is 0 Å². The minimum absolute atomic E-state index is 0.0853. The molecule has 0 amide bonds. The van der Waals surface area contributed by atoms with Crippen molar-refractivity contribution in [1.82, 2.24) is 4.90 Å². The molecule has 0 radical (unpaired) electrons. The smallest absolute Gasteiger partial charge is 0.129 e. The molecule has 2 aliphatic heterocycles. The van der Waals surface area contributed by atoms with Crippen LogP contribution in [0, 0.1) is 0 Å². The van der Waals surface area contributed by atoms with E-state index in [2.05, 4.69) is 77.7 Å². The molecule has 25 heavy (non-hydrogen) atoms. The summed E-state index contributed by atoms with van der Waals surface area (Å²) in [4.78, 5) is 7.56. The summed E-state index contributed by atoms with van der Waals surface area (Å²) >= 11 is 6.06. The van der Waals surface area contributed by atoms with Gasteiger partial charge in [-0.15, -0.1) is 0 Å². The van der Waals surface area contributed by atoms with E-state index < -0.39 is 0 Å². The summed E-state index contributed by atoms with van der Waals surface area (Å²) in [7, 11) is 0. The number of halogens is 1. The maximum atomic E-state index is 6.06. The van der Waals surface area contributed by atoms with Crippen LogP contribution in [0.1, 0.15) is 28.9 Å². The average molecular weight is 345 g/mol. The summed E-state index contributed by atoms with van der Waals surface area (Å²) in [6.07, 6.45) is 0.0853. The third kappa shape index (κ3) is 2.50. The van der Waals surface area contributed by atoms with Gasteiger partial charge in [-0.25, -0.2) is 0 Å². The quantitative estimate of drug-likeness (QED) is 0.591. The zero-order valence-electron chi connectivity index (χ0n) is 13.6.